The van der Waals surface area contributed by atoms with Crippen molar-refractivity contribution >= 4 is 16.9 Å². The van der Waals surface area contributed by atoms with Crippen LogP contribution in [0.1, 0.15) is 58.4 Å². The summed E-state index contributed by atoms with van der Waals surface area (Å²) in [6, 6.07) is 1.94. The number of ether oxygens (including phenoxy) is 1. The highest BCUT2D eigenvalue weighted by atomic mass is 32.1. The second kappa shape index (κ2) is 8.25. The molecule has 4 N–H and O–H groups in total. The van der Waals surface area contributed by atoms with Crippen molar-refractivity contribution in [3.8, 4) is 0 Å². The molecule has 0 spiro atoms. The van der Waals surface area contributed by atoms with Gasteiger partial charge in [0, 0.05) is 16.9 Å². The summed E-state index contributed by atoms with van der Waals surface area (Å²) >= 11 is 1.44. The van der Waals surface area contributed by atoms with E-state index in [4.69, 9.17) is 10.5 Å². The average molecular weight is 482 g/mol. The average Bonchev–Trinajstić information content (AvgIpc) is 3.52. The van der Waals surface area contributed by atoms with Crippen molar-refractivity contribution in [2.45, 2.75) is 56.5 Å². The molecule has 1 fully saturated rings. The molecule has 10 heteroatoms. The first-order valence-electron chi connectivity index (χ1n) is 11.2. The number of aryl methyl sites for hydroxylation is 1. The number of thiophene rings is 1. The Morgan fingerprint density at radius 3 is 2.67 bits per heavy atom. The fourth-order valence-corrected chi connectivity index (χ4v) is 7.30. The van der Waals surface area contributed by atoms with Gasteiger partial charge < -0.3 is 15.5 Å². The number of rotatable bonds is 6. The Morgan fingerprint density at radius 1 is 1.27 bits per heavy atom. The molecule has 178 valence electrons. The van der Waals surface area contributed by atoms with Gasteiger partial charge in [0.2, 0.25) is 0 Å². The number of fused-ring (bicyclic) bond motifs is 2. The molecule has 2 aromatic rings. The second-order valence-electron chi connectivity index (χ2n) is 9.23. The number of hydrogen-bond acceptors (Lipinski definition) is 5. The Hall–Kier alpha value is -2.17. The van der Waals surface area contributed by atoms with Crippen LogP contribution in [0.25, 0.3) is 5.57 Å². The maximum Gasteiger partial charge on any atom is 0.326 e. The number of nitrogens with two attached hydrogens (primary N) is 1. The van der Waals surface area contributed by atoms with Gasteiger partial charge in [0.1, 0.15) is 11.9 Å². The van der Waals surface area contributed by atoms with Gasteiger partial charge in [0.15, 0.2) is 0 Å². The van der Waals surface area contributed by atoms with E-state index in [1.807, 2.05) is 11.1 Å². The molecule has 0 amide bonds. The van der Waals surface area contributed by atoms with Crippen LogP contribution in [0.2, 0.25) is 0 Å². The number of nitrogens with one attached hydrogen (secondary N) is 2. The Morgan fingerprint density at radius 2 is 2.03 bits per heavy atom. The third kappa shape index (κ3) is 3.37. The minimum atomic E-state index is -3.23. The number of hydrogen-bond donors (Lipinski definition) is 3. The van der Waals surface area contributed by atoms with Crippen LogP contribution in [0, 0.1) is 11.8 Å². The molecule has 33 heavy (non-hydrogen) atoms. The van der Waals surface area contributed by atoms with Gasteiger partial charge in [-0.2, -0.15) is 0 Å². The second-order valence-corrected chi connectivity index (χ2v) is 10.4. The third-order valence-corrected chi connectivity index (χ3v) is 8.75. The van der Waals surface area contributed by atoms with Crippen LogP contribution in [0.4, 0.5) is 13.2 Å². The Balaban J connectivity index is 1.76. The summed E-state index contributed by atoms with van der Waals surface area (Å²) < 4.78 is 50.7. The van der Waals surface area contributed by atoms with Crippen LogP contribution < -0.4 is 17.0 Å². The van der Waals surface area contributed by atoms with Crippen molar-refractivity contribution in [3.05, 3.63) is 59.3 Å². The van der Waals surface area contributed by atoms with Crippen LogP contribution in [-0.2, 0) is 23.0 Å². The normalized spacial score (nSPS) is 27.1. The molecule has 3 aliphatic rings. The van der Waals surface area contributed by atoms with E-state index < -0.39 is 46.2 Å². The first-order valence-corrected chi connectivity index (χ1v) is 12.0. The molecule has 3 aliphatic carbocycles. The zero-order valence-electron chi connectivity index (χ0n) is 18.2. The minimum absolute atomic E-state index is 0.0813. The quantitative estimate of drug-likeness (QED) is 0.587. The van der Waals surface area contributed by atoms with Crippen LogP contribution >= 0.6 is 11.3 Å². The van der Waals surface area contributed by atoms with Crippen molar-refractivity contribution in [1.82, 2.24) is 9.97 Å². The Bertz CT molecular complexity index is 1230. The molecule has 2 aromatic heterocycles. The van der Waals surface area contributed by atoms with Crippen molar-refractivity contribution in [1.29, 1.82) is 0 Å². The number of H-pyrrole nitrogens is 2. The fourth-order valence-electron chi connectivity index (χ4n) is 5.81. The van der Waals surface area contributed by atoms with Gasteiger partial charge in [0.05, 0.1) is 22.2 Å². The summed E-state index contributed by atoms with van der Waals surface area (Å²) in [6.07, 6.45) is 0.508. The van der Waals surface area contributed by atoms with Crippen LogP contribution in [-0.4, -0.2) is 30.0 Å². The zero-order valence-corrected chi connectivity index (χ0v) is 19.0. The highest BCUT2D eigenvalue weighted by Gasteiger charge is 2.61. The lowest BCUT2D eigenvalue weighted by Gasteiger charge is -2.43. The molecule has 3 atom stereocenters. The molecule has 0 saturated heterocycles. The molecular weight excluding hydrogens is 455 g/mol. The first-order chi connectivity index (χ1) is 15.8. The Kier molecular flexibility index (Phi) is 5.65. The predicted molar refractivity (Wildman–Crippen MR) is 119 cm³/mol. The van der Waals surface area contributed by atoms with Crippen LogP contribution in [0.3, 0.4) is 0 Å². The molecule has 0 bridgehead atoms. The molecule has 5 rings (SSSR count). The summed E-state index contributed by atoms with van der Waals surface area (Å²) in [5.74, 6) is -0.847. The van der Waals surface area contributed by atoms with E-state index in [9.17, 15) is 18.4 Å². The van der Waals surface area contributed by atoms with E-state index in [2.05, 4.69) is 4.98 Å². The van der Waals surface area contributed by atoms with Crippen LogP contribution in [0.15, 0.2) is 21.5 Å². The number of aromatic nitrogens is 2. The zero-order chi connectivity index (χ0) is 23.5. The highest BCUT2D eigenvalue weighted by Crippen LogP contribution is 2.64. The van der Waals surface area contributed by atoms with E-state index >= 15 is 4.39 Å². The van der Waals surface area contributed by atoms with Gasteiger partial charge >= 0.3 is 5.69 Å². The molecule has 3 unspecified atom stereocenters. The summed E-state index contributed by atoms with van der Waals surface area (Å²) in [4.78, 5) is 30.8. The van der Waals surface area contributed by atoms with Crippen molar-refractivity contribution in [2.24, 2.45) is 17.6 Å². The van der Waals surface area contributed by atoms with Gasteiger partial charge in [-0.05, 0) is 68.5 Å². The number of halogens is 3. The van der Waals surface area contributed by atoms with Gasteiger partial charge in [-0.1, -0.05) is 0 Å². The molecule has 0 radical (unpaired) electrons. The molecule has 1 saturated carbocycles. The molecular formula is C23H26F3N3O3S. The lowest BCUT2D eigenvalue weighted by Crippen LogP contribution is -2.45. The Labute approximate surface area is 192 Å². The van der Waals surface area contributed by atoms with Crippen molar-refractivity contribution in [3.63, 3.8) is 0 Å². The molecule has 0 aromatic carbocycles. The monoisotopic (exact) mass is 481 g/mol. The van der Waals surface area contributed by atoms with E-state index in [0.29, 0.717) is 30.2 Å². The highest BCUT2D eigenvalue weighted by molar-refractivity contribution is 7.12. The largest absolute Gasteiger partial charge is 0.374 e. The summed E-state index contributed by atoms with van der Waals surface area (Å²) in [5.41, 5.74) is 1.90. The molecule has 6 nitrogen and oxygen atoms in total. The van der Waals surface area contributed by atoms with Crippen LogP contribution in [0.5, 0.6) is 0 Å². The minimum Gasteiger partial charge on any atom is -0.374 e. The van der Waals surface area contributed by atoms with Crippen molar-refractivity contribution < 1.29 is 17.9 Å². The van der Waals surface area contributed by atoms with E-state index in [1.165, 1.54) is 18.4 Å². The molecule has 0 aliphatic heterocycles. The first kappa shape index (κ1) is 22.6. The lowest BCUT2D eigenvalue weighted by atomic mass is 9.67. The summed E-state index contributed by atoms with van der Waals surface area (Å²) in [5, 5.41) is 0. The lowest BCUT2D eigenvalue weighted by molar-refractivity contribution is 0.0192. The maximum atomic E-state index is 16.4. The van der Waals surface area contributed by atoms with Gasteiger partial charge in [-0.25, -0.2) is 18.0 Å². The van der Waals surface area contributed by atoms with E-state index in [1.54, 1.807) is 0 Å². The third-order valence-electron chi connectivity index (χ3n) is 7.36. The number of methoxy groups -OCH3 is 1. The predicted octanol–water partition coefficient (Wildman–Crippen LogP) is 3.57. The van der Waals surface area contributed by atoms with Crippen molar-refractivity contribution in [2.75, 3.05) is 13.7 Å². The smallest absolute Gasteiger partial charge is 0.326 e. The fraction of sp³-hybridized carbons (Fsp3) is 0.565. The summed E-state index contributed by atoms with van der Waals surface area (Å²) in [7, 11) is 1.36. The summed E-state index contributed by atoms with van der Waals surface area (Å²) in [6.45, 7) is 0.600. The SMILES string of the molecule is COC1c2[nH]c(=O)[nH]c(=O)c2C(C(F)F)=C(F)C1(c1cc2c(s1)CCC(CCN)C2)C1CC1. The van der Waals surface area contributed by atoms with E-state index in [0.717, 1.165) is 36.1 Å². The van der Waals surface area contributed by atoms with E-state index in [-0.39, 0.29) is 11.6 Å². The number of alkyl halides is 2. The van der Waals surface area contributed by atoms with Gasteiger partial charge in [-0.3, -0.25) is 9.78 Å². The molecule has 2 heterocycles. The topological polar surface area (TPSA) is 101 Å². The van der Waals surface area contributed by atoms with Gasteiger partial charge in [0.25, 0.3) is 12.0 Å². The number of aromatic amines is 2. The standard InChI is InChI=1S/C23H26F3N3O3S/c1-32-19-17-15(21(30)29-22(31)28-17)16(20(25)26)18(24)23(19,12-3-4-12)14-9-11-8-10(6-7-27)2-5-13(11)33-14/h9-10,12,19-20H,2-8,27H2,1H3,(H2,28,29,30,31). The maximum absolute atomic E-state index is 16.4. The number of allylic oxidation sites excluding steroid dienone is 1. The van der Waals surface area contributed by atoms with Gasteiger partial charge in [-0.15, -0.1) is 11.3 Å².